The molecular weight excluding hydrogens is 842 g/mol. The fourth-order valence-corrected chi connectivity index (χ4v) is 7.85. The number of nitrogens with one attached hydrogen (secondary N) is 4. The Labute approximate surface area is 367 Å². The van der Waals surface area contributed by atoms with Crippen LogP contribution in [-0.2, 0) is 27.7 Å². The van der Waals surface area contributed by atoms with Crippen LogP contribution in [0.3, 0.4) is 0 Å². The van der Waals surface area contributed by atoms with E-state index >= 15 is 0 Å². The Hall–Kier alpha value is -4.24. The molecule has 0 aromatic heterocycles. The molecule has 6 aromatic carbocycles. The summed E-state index contributed by atoms with van der Waals surface area (Å²) >= 11 is 9.92. The molecule has 0 bridgehead atoms. The SMILES string of the molecule is COCC(=N)SCc1ccccc1.N=C(CC=S)SCc1ccc2ccccc2c1.N=C(CF)SCc1ccccc1.N=C(SCc1ccc2ccccc2c1)C(F)F. The van der Waals surface area contributed by atoms with Gasteiger partial charge >= 0.3 is 0 Å². The van der Waals surface area contributed by atoms with E-state index in [0.29, 0.717) is 34.6 Å². The molecule has 0 saturated heterocycles. The molecule has 0 aliphatic heterocycles. The molecule has 308 valence electrons. The smallest absolute Gasteiger partial charge is 0.285 e. The summed E-state index contributed by atoms with van der Waals surface area (Å²) in [6, 6.07) is 48.4. The van der Waals surface area contributed by atoms with E-state index in [-0.39, 0.29) is 5.04 Å². The molecule has 0 heterocycles. The topological polar surface area (TPSA) is 105 Å². The number of methoxy groups -OCH3 is 1. The van der Waals surface area contributed by atoms with Crippen molar-refractivity contribution < 1.29 is 17.9 Å². The molecule has 0 unspecified atom stereocenters. The number of rotatable bonds is 14. The lowest BCUT2D eigenvalue weighted by Gasteiger charge is -2.04. The van der Waals surface area contributed by atoms with E-state index in [1.165, 1.54) is 45.4 Å². The lowest BCUT2D eigenvalue weighted by atomic mass is 10.1. The monoisotopic (exact) mass is 888 g/mol. The first kappa shape index (κ1) is 49.1. The van der Waals surface area contributed by atoms with Crippen LogP contribution in [0.15, 0.2) is 146 Å². The second kappa shape index (κ2) is 29.1. The summed E-state index contributed by atoms with van der Waals surface area (Å²) in [5.74, 6) is 2.79. The van der Waals surface area contributed by atoms with Gasteiger partial charge in [0.2, 0.25) is 0 Å². The number of fused-ring (bicyclic) bond motifs is 2. The Morgan fingerprint density at radius 3 is 1.39 bits per heavy atom. The fraction of sp³-hybridized carbons (Fsp3) is 0.196. The Morgan fingerprint density at radius 1 is 0.542 bits per heavy atom. The standard InChI is InChI=1S/C14H13NS2.C13H11F2NS.C10H13NOS.C9H10FNS/c15-14(7-8-16)17-10-11-5-6-12-3-1-2-4-13(12)9-11;14-12(15)13(16)17-8-9-5-6-10-3-1-2-4-11(10)7-9;1-12-7-10(11)13-8-9-5-3-2-4-6-9;10-6-9(11)12-7-8-4-2-1-3-5-8/h1-6,8-9,15H,7,10H2;1-7,12,16H,8H2;2-6,11H,7-8H2,1H3;1-5,11H,6-7H2. The summed E-state index contributed by atoms with van der Waals surface area (Å²) in [7, 11) is 1.61. The molecule has 0 fully saturated rings. The number of alkyl halides is 3. The van der Waals surface area contributed by atoms with Gasteiger partial charge in [-0.3, -0.25) is 21.6 Å². The lowest BCUT2D eigenvalue weighted by Crippen LogP contribution is -2.03. The molecule has 6 aromatic rings. The van der Waals surface area contributed by atoms with E-state index in [4.69, 9.17) is 38.6 Å². The van der Waals surface area contributed by atoms with Gasteiger partial charge < -0.3 is 4.74 Å². The number of thioether (sulfide) groups is 4. The summed E-state index contributed by atoms with van der Waals surface area (Å²) in [5, 5.41) is 36.4. The maximum absolute atomic E-state index is 12.1. The van der Waals surface area contributed by atoms with Crippen molar-refractivity contribution in [2.24, 2.45) is 0 Å². The van der Waals surface area contributed by atoms with Crippen LogP contribution in [0.5, 0.6) is 0 Å². The molecule has 5 nitrogen and oxygen atoms in total. The third kappa shape index (κ3) is 20.5. The van der Waals surface area contributed by atoms with Crippen LogP contribution in [0.25, 0.3) is 21.5 Å². The third-order valence-corrected chi connectivity index (χ3v) is 11.8. The van der Waals surface area contributed by atoms with Gasteiger partial charge in [0.15, 0.2) is 0 Å². The number of hydrogen-bond acceptors (Lipinski definition) is 10. The van der Waals surface area contributed by atoms with Crippen molar-refractivity contribution in [1.82, 2.24) is 0 Å². The van der Waals surface area contributed by atoms with Gasteiger partial charge in [0.1, 0.15) is 11.7 Å². The largest absolute Gasteiger partial charge is 0.378 e. The first-order chi connectivity index (χ1) is 28.6. The number of hydrogen-bond donors (Lipinski definition) is 4. The number of ether oxygens (including phenoxy) is 1. The van der Waals surface area contributed by atoms with Crippen LogP contribution < -0.4 is 0 Å². The summed E-state index contributed by atoms with van der Waals surface area (Å²) in [4.78, 5) is 0. The zero-order valence-corrected chi connectivity index (χ0v) is 36.6. The average Bonchev–Trinajstić information content (AvgIpc) is 3.27. The fourth-order valence-electron chi connectivity index (χ4n) is 4.89. The van der Waals surface area contributed by atoms with Gasteiger partial charge in [-0.15, -0.1) is 47.0 Å². The maximum Gasteiger partial charge on any atom is 0.285 e. The van der Waals surface area contributed by atoms with E-state index in [2.05, 4.69) is 42.5 Å². The van der Waals surface area contributed by atoms with Crippen molar-refractivity contribution in [1.29, 1.82) is 21.6 Å². The molecule has 0 aliphatic rings. The van der Waals surface area contributed by atoms with Crippen molar-refractivity contribution in [3.05, 3.63) is 168 Å². The zero-order chi connectivity index (χ0) is 42.7. The maximum atomic E-state index is 12.1. The highest BCUT2D eigenvalue weighted by molar-refractivity contribution is 8.14. The molecule has 4 N–H and O–H groups in total. The minimum atomic E-state index is -2.67. The van der Waals surface area contributed by atoms with E-state index < -0.39 is 18.1 Å². The van der Waals surface area contributed by atoms with Crippen molar-refractivity contribution in [3.8, 4) is 0 Å². The number of benzene rings is 6. The van der Waals surface area contributed by atoms with Gasteiger partial charge in [-0.05, 0) is 49.2 Å². The first-order valence-corrected chi connectivity index (χ1v) is 22.6. The van der Waals surface area contributed by atoms with Crippen molar-refractivity contribution >= 4 is 106 Å². The van der Waals surface area contributed by atoms with Crippen LogP contribution in [0.2, 0.25) is 0 Å². The summed E-state index contributed by atoms with van der Waals surface area (Å²) in [5.41, 5.74) is 4.58. The highest BCUT2D eigenvalue weighted by atomic mass is 32.2. The molecule has 0 spiro atoms. The quantitative estimate of drug-likeness (QED) is 0.0493. The third-order valence-electron chi connectivity index (χ3n) is 7.81. The minimum absolute atomic E-state index is 0.0962. The minimum Gasteiger partial charge on any atom is -0.378 e. The highest BCUT2D eigenvalue weighted by Gasteiger charge is 2.11. The predicted molar refractivity (Wildman–Crippen MR) is 259 cm³/mol. The second-order valence-electron chi connectivity index (χ2n) is 12.4. The Balaban J connectivity index is 0.000000213. The van der Waals surface area contributed by atoms with Gasteiger partial charge in [0.25, 0.3) is 6.43 Å². The molecule has 0 saturated carbocycles. The Bertz CT molecular complexity index is 2210. The van der Waals surface area contributed by atoms with E-state index in [1.807, 2.05) is 103 Å². The van der Waals surface area contributed by atoms with Crippen molar-refractivity contribution in [3.63, 3.8) is 0 Å². The van der Waals surface area contributed by atoms with Crippen LogP contribution in [0, 0.1) is 21.6 Å². The van der Waals surface area contributed by atoms with Crippen molar-refractivity contribution in [2.45, 2.75) is 35.9 Å². The van der Waals surface area contributed by atoms with E-state index in [9.17, 15) is 13.2 Å². The van der Waals surface area contributed by atoms with Crippen LogP contribution in [-0.4, -0.2) is 52.4 Å². The number of thiocarbonyl (C=S) groups is 1. The summed E-state index contributed by atoms with van der Waals surface area (Å²) < 4.78 is 41.0. The van der Waals surface area contributed by atoms with Gasteiger partial charge in [-0.2, -0.15) is 0 Å². The molecule has 0 radical (unpaired) electrons. The van der Waals surface area contributed by atoms with Gasteiger partial charge in [0, 0.05) is 36.5 Å². The molecule has 6 rings (SSSR count). The molecule has 0 aliphatic carbocycles. The second-order valence-corrected chi connectivity index (χ2v) is 16.9. The lowest BCUT2D eigenvalue weighted by molar-refractivity contribution is 0.228. The van der Waals surface area contributed by atoms with Crippen LogP contribution in [0.4, 0.5) is 13.2 Å². The molecule has 0 atom stereocenters. The van der Waals surface area contributed by atoms with Gasteiger partial charge in [-0.25, -0.2) is 13.2 Å². The normalized spacial score (nSPS) is 10.3. The van der Waals surface area contributed by atoms with E-state index in [1.54, 1.807) is 24.2 Å². The number of halogens is 3. The zero-order valence-electron chi connectivity index (χ0n) is 32.5. The molecule has 13 heteroatoms. The highest BCUT2D eigenvalue weighted by Crippen LogP contribution is 2.22. The summed E-state index contributed by atoms with van der Waals surface area (Å²) in [6.07, 6.45) is -2.08. The predicted octanol–water partition coefficient (Wildman–Crippen LogP) is 14.2. The Morgan fingerprint density at radius 2 is 0.949 bits per heavy atom. The van der Waals surface area contributed by atoms with Crippen molar-refractivity contribution in [2.75, 3.05) is 20.4 Å². The molecular formula is C46H47F3N4OS5. The van der Waals surface area contributed by atoms with Crippen LogP contribution in [0.1, 0.15) is 28.7 Å². The van der Waals surface area contributed by atoms with Gasteiger partial charge in [0.05, 0.1) is 21.7 Å². The Kier molecular flexibility index (Phi) is 24.2. The van der Waals surface area contributed by atoms with Gasteiger partial charge in [-0.1, -0.05) is 158 Å². The average molecular weight is 889 g/mol. The van der Waals surface area contributed by atoms with Crippen LogP contribution >= 0.6 is 59.3 Å². The van der Waals surface area contributed by atoms with E-state index in [0.717, 1.165) is 45.2 Å². The first-order valence-electron chi connectivity index (χ1n) is 18.2. The molecule has 0 amide bonds. The molecule has 59 heavy (non-hydrogen) atoms. The summed E-state index contributed by atoms with van der Waals surface area (Å²) in [6.45, 7) is -0.241.